The van der Waals surface area contributed by atoms with Gasteiger partial charge >= 0.3 is 0 Å². The lowest BCUT2D eigenvalue weighted by Gasteiger charge is -2.06. The molecule has 5 heteroatoms. The summed E-state index contributed by atoms with van der Waals surface area (Å²) in [7, 11) is 0. The third-order valence-corrected chi connectivity index (χ3v) is 3.97. The van der Waals surface area contributed by atoms with Crippen LogP contribution < -0.4 is 4.74 Å². The third kappa shape index (κ3) is 3.55. The first-order chi connectivity index (χ1) is 12.1. The van der Waals surface area contributed by atoms with Crippen LogP contribution >= 0.6 is 0 Å². The van der Waals surface area contributed by atoms with Crippen molar-refractivity contribution in [2.24, 2.45) is 10.2 Å². The molecule has 0 amide bonds. The van der Waals surface area contributed by atoms with Gasteiger partial charge in [0.1, 0.15) is 17.1 Å². The molecule has 0 N–H and O–H groups in total. The number of pyridine rings is 1. The van der Waals surface area contributed by atoms with Crippen molar-refractivity contribution in [1.29, 1.82) is 0 Å². The highest BCUT2D eigenvalue weighted by molar-refractivity contribution is 5.58. The molecule has 0 saturated carbocycles. The van der Waals surface area contributed by atoms with Gasteiger partial charge in [-0.2, -0.15) is 0 Å². The van der Waals surface area contributed by atoms with Gasteiger partial charge in [-0.25, -0.2) is 4.98 Å². The van der Waals surface area contributed by atoms with E-state index in [0.29, 0.717) is 6.61 Å². The second-order valence-corrected chi connectivity index (χ2v) is 6.38. The highest BCUT2D eigenvalue weighted by Gasteiger charge is 2.16. The molecule has 0 aliphatic carbocycles. The van der Waals surface area contributed by atoms with Crippen molar-refractivity contribution >= 4 is 17.2 Å². The van der Waals surface area contributed by atoms with Crippen LogP contribution in [-0.2, 0) is 0 Å². The van der Waals surface area contributed by atoms with E-state index in [2.05, 4.69) is 44.0 Å². The Kier molecular flexibility index (Phi) is 5.12. The number of hydrogen-bond acceptors (Lipinski definition) is 4. The molecule has 2 aromatic heterocycles. The van der Waals surface area contributed by atoms with Crippen molar-refractivity contribution in [2.75, 3.05) is 6.61 Å². The fourth-order valence-electron chi connectivity index (χ4n) is 2.67. The minimum atomic E-state index is 0.264. The van der Waals surface area contributed by atoms with Gasteiger partial charge < -0.3 is 4.74 Å². The van der Waals surface area contributed by atoms with Crippen LogP contribution in [0, 0.1) is 6.92 Å². The van der Waals surface area contributed by atoms with E-state index in [4.69, 9.17) is 9.72 Å². The molecular weight excluding hydrogens is 312 g/mol. The standard InChI is InChI=1S/C20H24N4O/c1-5-13-25-17-11-7-6-10-16(17)22-23-20-18(14(2)3)21-19-15(4)9-8-12-24(19)20/h6-12,14H,5,13H2,1-4H3. The smallest absolute Gasteiger partial charge is 0.183 e. The van der Waals surface area contributed by atoms with Crippen LogP contribution in [0.1, 0.15) is 44.4 Å². The van der Waals surface area contributed by atoms with Crippen LogP contribution in [0.5, 0.6) is 5.75 Å². The Morgan fingerprint density at radius 2 is 1.92 bits per heavy atom. The van der Waals surface area contributed by atoms with Gasteiger partial charge in [-0.1, -0.05) is 39.0 Å². The lowest BCUT2D eigenvalue weighted by molar-refractivity contribution is 0.318. The molecule has 130 valence electrons. The van der Waals surface area contributed by atoms with Crippen molar-refractivity contribution in [3.63, 3.8) is 0 Å². The van der Waals surface area contributed by atoms with Crippen LogP contribution in [0.4, 0.5) is 11.5 Å². The first kappa shape index (κ1) is 17.1. The van der Waals surface area contributed by atoms with Crippen LogP contribution in [0.25, 0.3) is 5.65 Å². The van der Waals surface area contributed by atoms with Gasteiger partial charge in [-0.15, -0.1) is 10.2 Å². The molecule has 0 bridgehead atoms. The van der Waals surface area contributed by atoms with Crippen molar-refractivity contribution in [3.8, 4) is 5.75 Å². The molecule has 1 aromatic carbocycles. The Morgan fingerprint density at radius 1 is 1.12 bits per heavy atom. The summed E-state index contributed by atoms with van der Waals surface area (Å²) in [6.45, 7) is 9.04. The molecule has 5 nitrogen and oxygen atoms in total. The molecular formula is C20H24N4O. The largest absolute Gasteiger partial charge is 0.491 e. The van der Waals surface area contributed by atoms with Gasteiger partial charge in [0, 0.05) is 6.20 Å². The van der Waals surface area contributed by atoms with Crippen LogP contribution in [0.3, 0.4) is 0 Å². The Labute approximate surface area is 148 Å². The zero-order valence-electron chi connectivity index (χ0n) is 15.2. The van der Waals surface area contributed by atoms with E-state index in [0.717, 1.165) is 40.6 Å². The molecule has 0 atom stereocenters. The summed E-state index contributed by atoms with van der Waals surface area (Å²) in [6, 6.07) is 11.8. The van der Waals surface area contributed by atoms with E-state index in [9.17, 15) is 0 Å². The van der Waals surface area contributed by atoms with Gasteiger partial charge in [0.2, 0.25) is 0 Å². The van der Waals surface area contributed by atoms with E-state index in [-0.39, 0.29) is 5.92 Å². The monoisotopic (exact) mass is 336 g/mol. The Morgan fingerprint density at radius 3 is 2.68 bits per heavy atom. The topological polar surface area (TPSA) is 51.2 Å². The number of nitrogens with zero attached hydrogens (tertiary/aromatic N) is 4. The average Bonchev–Trinajstić information content (AvgIpc) is 2.99. The maximum Gasteiger partial charge on any atom is 0.183 e. The molecule has 0 unspecified atom stereocenters. The molecule has 0 saturated heterocycles. The average molecular weight is 336 g/mol. The second kappa shape index (κ2) is 7.47. The molecule has 2 heterocycles. The summed E-state index contributed by atoms with van der Waals surface area (Å²) >= 11 is 0. The summed E-state index contributed by atoms with van der Waals surface area (Å²) in [5.74, 6) is 1.79. The van der Waals surface area contributed by atoms with Crippen LogP contribution in [-0.4, -0.2) is 16.0 Å². The number of para-hydroxylation sites is 1. The van der Waals surface area contributed by atoms with Gasteiger partial charge in [0.05, 0.1) is 12.3 Å². The van der Waals surface area contributed by atoms with Crippen LogP contribution in [0.15, 0.2) is 52.8 Å². The number of fused-ring (bicyclic) bond motifs is 1. The Hall–Kier alpha value is -2.69. The van der Waals surface area contributed by atoms with Crippen molar-refractivity contribution in [1.82, 2.24) is 9.38 Å². The number of azo groups is 1. The maximum atomic E-state index is 5.76. The zero-order chi connectivity index (χ0) is 17.8. The number of aryl methyl sites for hydroxylation is 1. The number of ether oxygens (including phenoxy) is 1. The first-order valence-electron chi connectivity index (χ1n) is 8.73. The maximum absolute atomic E-state index is 5.76. The normalized spacial score (nSPS) is 11.7. The quantitative estimate of drug-likeness (QED) is 0.521. The van der Waals surface area contributed by atoms with Crippen LogP contribution in [0.2, 0.25) is 0 Å². The van der Waals surface area contributed by atoms with Crippen molar-refractivity contribution < 1.29 is 4.74 Å². The van der Waals surface area contributed by atoms with Gasteiger partial charge in [0.15, 0.2) is 5.82 Å². The minimum Gasteiger partial charge on any atom is -0.491 e. The number of hydrogen-bond donors (Lipinski definition) is 0. The molecule has 25 heavy (non-hydrogen) atoms. The zero-order valence-corrected chi connectivity index (χ0v) is 15.2. The van der Waals surface area contributed by atoms with E-state index >= 15 is 0 Å². The highest BCUT2D eigenvalue weighted by atomic mass is 16.5. The first-order valence-corrected chi connectivity index (χ1v) is 8.73. The number of benzene rings is 1. The summed E-state index contributed by atoms with van der Waals surface area (Å²) in [5.41, 5.74) is 3.73. The highest BCUT2D eigenvalue weighted by Crippen LogP contribution is 2.33. The summed E-state index contributed by atoms with van der Waals surface area (Å²) in [6.07, 6.45) is 2.94. The molecule has 3 rings (SSSR count). The van der Waals surface area contributed by atoms with E-state index in [1.54, 1.807) is 0 Å². The molecule has 0 aliphatic rings. The Balaban J connectivity index is 2.05. The van der Waals surface area contributed by atoms with Crippen molar-refractivity contribution in [2.45, 2.75) is 40.0 Å². The SMILES string of the molecule is CCCOc1ccccc1N=Nc1c(C(C)C)nc2c(C)cccn12. The molecule has 0 aliphatic heterocycles. The lowest BCUT2D eigenvalue weighted by atomic mass is 10.1. The molecule has 0 radical (unpaired) electrons. The van der Waals surface area contributed by atoms with Gasteiger partial charge in [-0.05, 0) is 43.0 Å². The molecule has 0 spiro atoms. The van der Waals surface area contributed by atoms with Gasteiger partial charge in [-0.3, -0.25) is 4.40 Å². The second-order valence-electron chi connectivity index (χ2n) is 6.38. The molecule has 0 fully saturated rings. The Bertz CT molecular complexity index is 896. The van der Waals surface area contributed by atoms with E-state index < -0.39 is 0 Å². The predicted octanol–water partition coefficient (Wildman–Crippen LogP) is 5.97. The number of imidazole rings is 1. The summed E-state index contributed by atoms with van der Waals surface area (Å²) in [5, 5.41) is 9.00. The summed E-state index contributed by atoms with van der Waals surface area (Å²) in [4.78, 5) is 4.77. The number of aromatic nitrogens is 2. The molecule has 3 aromatic rings. The fraction of sp³-hybridized carbons (Fsp3) is 0.350. The lowest BCUT2D eigenvalue weighted by Crippen LogP contribution is -1.94. The summed E-state index contributed by atoms with van der Waals surface area (Å²) < 4.78 is 7.77. The predicted molar refractivity (Wildman–Crippen MR) is 100 cm³/mol. The third-order valence-electron chi connectivity index (χ3n) is 3.97. The van der Waals surface area contributed by atoms with E-state index in [1.165, 1.54) is 0 Å². The minimum absolute atomic E-state index is 0.264. The fourth-order valence-corrected chi connectivity index (χ4v) is 2.67. The van der Waals surface area contributed by atoms with E-state index in [1.807, 2.05) is 40.9 Å². The number of rotatable bonds is 6. The van der Waals surface area contributed by atoms with Gasteiger partial charge in [0.25, 0.3) is 0 Å². The van der Waals surface area contributed by atoms with Crippen molar-refractivity contribution in [3.05, 3.63) is 53.9 Å².